The van der Waals surface area contributed by atoms with E-state index in [4.69, 9.17) is 21.1 Å². The molecule has 0 saturated heterocycles. The molecule has 0 aliphatic heterocycles. The van der Waals surface area contributed by atoms with E-state index in [1.807, 2.05) is 4.72 Å². The molecule has 1 amide bonds. The molecule has 0 aliphatic carbocycles. The molecule has 1 rings (SSSR count). The Balaban J connectivity index is 3.17. The first kappa shape index (κ1) is 16.6. The first-order valence-corrected chi connectivity index (χ1v) is 7.02. The average molecular weight is 307 g/mol. The van der Waals surface area contributed by atoms with Crippen molar-refractivity contribution in [3.8, 4) is 0 Å². The summed E-state index contributed by atoms with van der Waals surface area (Å²) in [5, 5.41) is 27.3. The number of carbonyl (C=O) groups is 1. The lowest BCUT2D eigenvalue weighted by atomic mass is 10.1. The smallest absolute Gasteiger partial charge is 0.265 e. The van der Waals surface area contributed by atoms with Crippen molar-refractivity contribution in [1.82, 2.24) is 9.29 Å². The van der Waals surface area contributed by atoms with Crippen molar-refractivity contribution in [1.29, 1.82) is 0 Å². The van der Waals surface area contributed by atoms with E-state index in [1.54, 1.807) is 0 Å². The van der Waals surface area contributed by atoms with Gasteiger partial charge in [-0.15, -0.1) is 0 Å². The van der Waals surface area contributed by atoms with E-state index in [9.17, 15) is 13.2 Å². The highest BCUT2D eigenvalue weighted by atomic mass is 32.2. The van der Waals surface area contributed by atoms with Gasteiger partial charge >= 0.3 is 0 Å². The van der Waals surface area contributed by atoms with Crippen LogP contribution >= 0.6 is 0 Å². The van der Waals surface area contributed by atoms with Gasteiger partial charge < -0.3 is 25.6 Å². The minimum Gasteiger partial charge on any atom is -0.394 e. The first-order valence-electron chi connectivity index (χ1n) is 5.54. The lowest BCUT2D eigenvalue weighted by Gasteiger charge is -2.27. The predicted molar refractivity (Wildman–Crippen MR) is 68.2 cm³/mol. The zero-order valence-corrected chi connectivity index (χ0v) is 11.6. The SMILES string of the molecule is Cn1cc(S(=O)(=O)NC(CO)(CO)CO)cc1C(N)=O. The van der Waals surface area contributed by atoms with Gasteiger partial charge in [0, 0.05) is 13.2 Å². The second kappa shape index (κ2) is 5.89. The molecule has 9 nitrogen and oxygen atoms in total. The van der Waals surface area contributed by atoms with Crippen LogP contribution in [0.1, 0.15) is 10.5 Å². The van der Waals surface area contributed by atoms with Gasteiger partial charge in [-0.25, -0.2) is 8.42 Å². The normalized spacial score (nSPS) is 12.6. The molecule has 1 heterocycles. The number of sulfonamides is 1. The molecule has 10 heteroatoms. The second-order valence-corrected chi connectivity index (χ2v) is 6.08. The van der Waals surface area contributed by atoms with Crippen LogP contribution in [-0.2, 0) is 17.1 Å². The van der Waals surface area contributed by atoms with Crippen LogP contribution in [0.2, 0.25) is 0 Å². The number of aliphatic hydroxyl groups is 3. The molecule has 0 unspecified atom stereocenters. The van der Waals surface area contributed by atoms with E-state index in [0.29, 0.717) is 0 Å². The summed E-state index contributed by atoms with van der Waals surface area (Å²) in [5.41, 5.74) is 3.27. The van der Waals surface area contributed by atoms with E-state index >= 15 is 0 Å². The molecule has 6 N–H and O–H groups in total. The Morgan fingerprint density at radius 2 is 1.85 bits per heavy atom. The van der Waals surface area contributed by atoms with Crippen molar-refractivity contribution in [2.45, 2.75) is 10.4 Å². The summed E-state index contributed by atoms with van der Waals surface area (Å²) in [6, 6.07) is 1.06. The highest BCUT2D eigenvalue weighted by Crippen LogP contribution is 2.16. The molecule has 0 spiro atoms. The fraction of sp³-hybridized carbons (Fsp3) is 0.500. The van der Waals surface area contributed by atoms with Crippen LogP contribution in [-0.4, -0.2) is 59.6 Å². The molecule has 1 aromatic rings. The van der Waals surface area contributed by atoms with Gasteiger partial charge in [-0.2, -0.15) is 4.72 Å². The summed E-state index contributed by atoms with van der Waals surface area (Å²) in [6.45, 7) is -2.39. The summed E-state index contributed by atoms with van der Waals surface area (Å²) in [6.07, 6.45) is 1.15. The number of rotatable bonds is 7. The number of aryl methyl sites for hydroxylation is 1. The second-order valence-electron chi connectivity index (χ2n) is 4.40. The van der Waals surface area contributed by atoms with Crippen LogP contribution in [0.4, 0.5) is 0 Å². The Kier molecular flexibility index (Phi) is 4.89. The molecule has 0 aromatic carbocycles. The van der Waals surface area contributed by atoms with Gasteiger partial charge in [0.05, 0.1) is 19.8 Å². The first-order chi connectivity index (χ1) is 9.21. The molecule has 20 heavy (non-hydrogen) atoms. The van der Waals surface area contributed by atoms with Crippen LogP contribution in [0, 0.1) is 0 Å². The number of nitrogens with one attached hydrogen (secondary N) is 1. The Bertz CT molecular complexity index is 582. The Labute approximate surface area is 115 Å². The number of primary amides is 1. The van der Waals surface area contributed by atoms with Gasteiger partial charge in [0.25, 0.3) is 5.91 Å². The molecule has 0 fully saturated rings. The van der Waals surface area contributed by atoms with Gasteiger partial charge in [-0.1, -0.05) is 0 Å². The molecule has 0 bridgehead atoms. The van der Waals surface area contributed by atoms with Crippen LogP contribution in [0.5, 0.6) is 0 Å². The summed E-state index contributed by atoms with van der Waals surface area (Å²) in [4.78, 5) is 10.8. The lowest BCUT2D eigenvalue weighted by Crippen LogP contribution is -2.56. The number of aliphatic hydroxyl groups excluding tert-OH is 3. The standard InChI is InChI=1S/C10H17N3O6S/c1-13-3-7(2-8(13)9(11)17)20(18,19)12-10(4-14,5-15)6-16/h2-3,12,14-16H,4-6H2,1H3,(H2,11,17). The van der Waals surface area contributed by atoms with Gasteiger partial charge in [0.15, 0.2) is 0 Å². The van der Waals surface area contributed by atoms with E-state index < -0.39 is 41.3 Å². The molecule has 0 radical (unpaired) electrons. The molecular formula is C10H17N3O6S. The number of carbonyl (C=O) groups excluding carboxylic acids is 1. The van der Waals surface area contributed by atoms with E-state index in [0.717, 1.165) is 12.3 Å². The summed E-state index contributed by atoms with van der Waals surface area (Å²) < 4.78 is 27.4. The number of nitrogens with two attached hydrogens (primary N) is 1. The summed E-state index contributed by atoms with van der Waals surface area (Å²) in [5.74, 6) is -0.799. The maximum absolute atomic E-state index is 12.1. The molecule has 1 aromatic heterocycles. The lowest BCUT2D eigenvalue weighted by molar-refractivity contribution is 0.0582. The number of hydrogen-bond acceptors (Lipinski definition) is 6. The summed E-state index contributed by atoms with van der Waals surface area (Å²) >= 11 is 0. The van der Waals surface area contributed by atoms with Crippen LogP contribution in [0.25, 0.3) is 0 Å². The van der Waals surface area contributed by atoms with Crippen molar-refractivity contribution < 1.29 is 28.5 Å². The molecule has 0 saturated carbocycles. The van der Waals surface area contributed by atoms with Crippen molar-refractivity contribution in [3.05, 3.63) is 18.0 Å². The Morgan fingerprint density at radius 3 is 2.20 bits per heavy atom. The molecule has 0 atom stereocenters. The van der Waals surface area contributed by atoms with E-state index in [-0.39, 0.29) is 10.6 Å². The van der Waals surface area contributed by atoms with Crippen molar-refractivity contribution in [3.63, 3.8) is 0 Å². The highest BCUT2D eigenvalue weighted by molar-refractivity contribution is 7.89. The van der Waals surface area contributed by atoms with Gasteiger partial charge in [0.2, 0.25) is 10.0 Å². The number of amides is 1. The third-order valence-electron chi connectivity index (χ3n) is 2.80. The van der Waals surface area contributed by atoms with E-state index in [2.05, 4.69) is 0 Å². The maximum atomic E-state index is 12.1. The fourth-order valence-electron chi connectivity index (χ4n) is 1.52. The minimum atomic E-state index is -4.15. The highest BCUT2D eigenvalue weighted by Gasteiger charge is 2.34. The van der Waals surface area contributed by atoms with Gasteiger partial charge in [0.1, 0.15) is 16.1 Å². The zero-order valence-electron chi connectivity index (χ0n) is 10.8. The Hall–Kier alpha value is -1.46. The average Bonchev–Trinajstić information content (AvgIpc) is 2.79. The monoisotopic (exact) mass is 307 g/mol. The van der Waals surface area contributed by atoms with Crippen LogP contribution in [0.15, 0.2) is 17.2 Å². The van der Waals surface area contributed by atoms with Crippen molar-refractivity contribution >= 4 is 15.9 Å². The molecule has 0 aliphatic rings. The number of aromatic nitrogens is 1. The quantitative estimate of drug-likeness (QED) is 0.364. The summed E-state index contributed by atoms with van der Waals surface area (Å²) in [7, 11) is -2.71. The molecule has 114 valence electrons. The zero-order chi connectivity index (χ0) is 15.6. The van der Waals surface area contributed by atoms with Crippen LogP contribution in [0.3, 0.4) is 0 Å². The van der Waals surface area contributed by atoms with Gasteiger partial charge in [-0.05, 0) is 6.07 Å². The fourth-order valence-corrected chi connectivity index (χ4v) is 2.96. The number of hydrogen-bond donors (Lipinski definition) is 5. The maximum Gasteiger partial charge on any atom is 0.265 e. The topological polar surface area (TPSA) is 155 Å². The van der Waals surface area contributed by atoms with E-state index in [1.165, 1.54) is 11.6 Å². The third-order valence-corrected chi connectivity index (χ3v) is 4.35. The number of nitrogens with zero attached hydrogens (tertiary/aromatic N) is 1. The Morgan fingerprint density at radius 1 is 1.35 bits per heavy atom. The largest absolute Gasteiger partial charge is 0.394 e. The van der Waals surface area contributed by atoms with Crippen LogP contribution < -0.4 is 10.5 Å². The van der Waals surface area contributed by atoms with Crippen molar-refractivity contribution in [2.24, 2.45) is 12.8 Å². The minimum absolute atomic E-state index is 0.0204. The van der Waals surface area contributed by atoms with Crippen molar-refractivity contribution in [2.75, 3.05) is 19.8 Å². The van der Waals surface area contributed by atoms with Gasteiger partial charge in [-0.3, -0.25) is 4.79 Å². The predicted octanol–water partition coefficient (Wildman–Crippen LogP) is -2.88. The third kappa shape index (κ3) is 3.16. The molecular weight excluding hydrogens is 290 g/mol.